The molecule has 1 atom stereocenters. The lowest BCUT2D eigenvalue weighted by Crippen LogP contribution is -2.03. The summed E-state index contributed by atoms with van der Waals surface area (Å²) in [4.78, 5) is 4.93. The van der Waals surface area contributed by atoms with Crippen LogP contribution in [0.1, 0.15) is 47.5 Å². The van der Waals surface area contributed by atoms with E-state index < -0.39 is 0 Å². The lowest BCUT2D eigenvalue weighted by atomic mass is 9.89. The first-order chi connectivity index (χ1) is 11.1. The number of imidazole rings is 1. The van der Waals surface area contributed by atoms with Crippen molar-refractivity contribution in [2.45, 2.75) is 44.9 Å². The van der Waals surface area contributed by atoms with E-state index in [9.17, 15) is 0 Å². The van der Waals surface area contributed by atoms with Crippen LogP contribution in [0.3, 0.4) is 0 Å². The quantitative estimate of drug-likeness (QED) is 0.570. The average Bonchev–Trinajstić information content (AvgIpc) is 2.95. The second-order valence-electron chi connectivity index (χ2n) is 6.54. The lowest BCUT2D eigenvalue weighted by molar-refractivity contribution is 0.686. The van der Waals surface area contributed by atoms with E-state index in [1.165, 1.54) is 47.9 Å². The highest BCUT2D eigenvalue weighted by Crippen LogP contribution is 2.34. The molecule has 1 aliphatic rings. The van der Waals surface area contributed by atoms with Gasteiger partial charge in [0.15, 0.2) is 0 Å². The van der Waals surface area contributed by atoms with E-state index in [1.807, 2.05) is 6.92 Å². The number of hydrogen-bond acceptors (Lipinski definition) is 1. The molecule has 1 unspecified atom stereocenters. The molecule has 4 rings (SSSR count). The van der Waals surface area contributed by atoms with Crippen molar-refractivity contribution in [1.29, 1.82) is 0 Å². The largest absolute Gasteiger partial charge is 0.302 e. The normalized spacial score (nSPS) is 15.6. The minimum atomic E-state index is -0.0853. The summed E-state index contributed by atoms with van der Waals surface area (Å²) in [6.07, 6.45) is 7.05. The number of fused-ring (bicyclic) bond motifs is 2. The SMILES string of the molecule is Cc1cccn2c(C(C)Cl)c(-c3ccc4c(c3)CCCC4)nc12. The van der Waals surface area contributed by atoms with Gasteiger partial charge in [0, 0.05) is 11.8 Å². The summed E-state index contributed by atoms with van der Waals surface area (Å²) in [5, 5.41) is -0.0853. The maximum atomic E-state index is 6.51. The van der Waals surface area contributed by atoms with Gasteiger partial charge in [-0.1, -0.05) is 18.2 Å². The third-order valence-electron chi connectivity index (χ3n) is 4.88. The summed E-state index contributed by atoms with van der Waals surface area (Å²) in [5.41, 5.74) is 8.46. The first-order valence-electron chi connectivity index (χ1n) is 8.39. The van der Waals surface area contributed by atoms with Crippen molar-refractivity contribution in [3.8, 4) is 11.3 Å². The van der Waals surface area contributed by atoms with Crippen molar-refractivity contribution in [2.75, 3.05) is 0 Å². The summed E-state index contributed by atoms with van der Waals surface area (Å²) in [6, 6.07) is 11.0. The van der Waals surface area contributed by atoms with E-state index >= 15 is 0 Å². The Morgan fingerprint density at radius 1 is 1.13 bits per heavy atom. The van der Waals surface area contributed by atoms with Crippen LogP contribution in [0, 0.1) is 6.92 Å². The maximum Gasteiger partial charge on any atom is 0.140 e. The number of aromatic nitrogens is 2. The molecule has 3 aromatic rings. The van der Waals surface area contributed by atoms with Gasteiger partial charge in [-0.3, -0.25) is 0 Å². The van der Waals surface area contributed by atoms with Gasteiger partial charge in [-0.2, -0.15) is 0 Å². The number of nitrogens with zero attached hydrogens (tertiary/aromatic N) is 2. The van der Waals surface area contributed by atoms with Gasteiger partial charge in [-0.25, -0.2) is 4.98 Å². The molecule has 0 amide bonds. The minimum absolute atomic E-state index is 0.0853. The number of pyridine rings is 1. The van der Waals surface area contributed by atoms with E-state index in [1.54, 1.807) is 0 Å². The van der Waals surface area contributed by atoms with Crippen LogP contribution < -0.4 is 0 Å². The molecule has 2 aromatic heterocycles. The van der Waals surface area contributed by atoms with Gasteiger partial charge in [0.2, 0.25) is 0 Å². The highest BCUT2D eigenvalue weighted by atomic mass is 35.5. The maximum absolute atomic E-state index is 6.51. The number of aryl methyl sites for hydroxylation is 3. The van der Waals surface area contributed by atoms with E-state index in [0.29, 0.717) is 0 Å². The van der Waals surface area contributed by atoms with Crippen molar-refractivity contribution in [2.24, 2.45) is 0 Å². The molecule has 1 aromatic carbocycles. The first kappa shape index (κ1) is 14.8. The van der Waals surface area contributed by atoms with E-state index in [0.717, 1.165) is 17.0 Å². The molecule has 2 nitrogen and oxygen atoms in total. The standard InChI is InChI=1S/C20H21ClN2/c1-13-6-5-11-23-19(14(2)21)18(22-20(13)23)17-10-9-15-7-3-4-8-16(15)12-17/h5-6,9-12,14H,3-4,7-8H2,1-2H3. The van der Waals surface area contributed by atoms with Crippen molar-refractivity contribution in [1.82, 2.24) is 9.38 Å². The smallest absolute Gasteiger partial charge is 0.140 e. The van der Waals surface area contributed by atoms with Gasteiger partial charge in [0.1, 0.15) is 5.65 Å². The first-order valence-corrected chi connectivity index (χ1v) is 8.82. The number of halogens is 1. The molecule has 0 spiro atoms. The zero-order valence-electron chi connectivity index (χ0n) is 13.6. The van der Waals surface area contributed by atoms with Crippen LogP contribution in [-0.2, 0) is 12.8 Å². The lowest BCUT2D eigenvalue weighted by Gasteiger charge is -2.16. The minimum Gasteiger partial charge on any atom is -0.302 e. The van der Waals surface area contributed by atoms with Gasteiger partial charge in [0.25, 0.3) is 0 Å². The van der Waals surface area contributed by atoms with Crippen LogP contribution in [0.15, 0.2) is 36.5 Å². The number of rotatable bonds is 2. The Kier molecular flexibility index (Phi) is 3.65. The van der Waals surface area contributed by atoms with Crippen molar-refractivity contribution >= 4 is 17.2 Å². The Morgan fingerprint density at radius 2 is 1.91 bits per heavy atom. The van der Waals surface area contributed by atoms with E-state index in [4.69, 9.17) is 16.6 Å². The number of benzene rings is 1. The highest BCUT2D eigenvalue weighted by Gasteiger charge is 2.20. The van der Waals surface area contributed by atoms with Gasteiger partial charge in [-0.15, -0.1) is 11.6 Å². The molecule has 118 valence electrons. The van der Waals surface area contributed by atoms with Crippen LogP contribution in [0.4, 0.5) is 0 Å². The Morgan fingerprint density at radius 3 is 2.70 bits per heavy atom. The predicted octanol–water partition coefficient (Wildman–Crippen LogP) is 5.49. The zero-order valence-corrected chi connectivity index (χ0v) is 14.4. The molecule has 0 N–H and O–H groups in total. The number of alkyl halides is 1. The van der Waals surface area contributed by atoms with Crippen LogP contribution >= 0.6 is 11.6 Å². The zero-order chi connectivity index (χ0) is 16.0. The molecular formula is C20H21ClN2. The molecule has 0 aliphatic heterocycles. The van der Waals surface area contributed by atoms with Crippen molar-refractivity contribution in [3.05, 3.63) is 58.9 Å². The molecule has 1 aliphatic carbocycles. The van der Waals surface area contributed by atoms with Gasteiger partial charge in [0.05, 0.1) is 16.8 Å². The summed E-state index contributed by atoms with van der Waals surface area (Å²) < 4.78 is 2.14. The summed E-state index contributed by atoms with van der Waals surface area (Å²) >= 11 is 6.51. The summed E-state index contributed by atoms with van der Waals surface area (Å²) in [6.45, 7) is 4.12. The van der Waals surface area contributed by atoms with Crippen LogP contribution in [-0.4, -0.2) is 9.38 Å². The van der Waals surface area contributed by atoms with Crippen LogP contribution in [0.5, 0.6) is 0 Å². The summed E-state index contributed by atoms with van der Waals surface area (Å²) in [5.74, 6) is 0. The molecule has 0 radical (unpaired) electrons. The number of hydrogen-bond donors (Lipinski definition) is 0. The fraction of sp³-hybridized carbons (Fsp3) is 0.350. The molecule has 0 saturated carbocycles. The fourth-order valence-corrected chi connectivity index (χ4v) is 3.90. The molecule has 23 heavy (non-hydrogen) atoms. The molecule has 0 bridgehead atoms. The molecule has 0 saturated heterocycles. The third kappa shape index (κ3) is 2.46. The molecule has 3 heteroatoms. The van der Waals surface area contributed by atoms with E-state index in [-0.39, 0.29) is 5.38 Å². The Bertz CT molecular complexity index is 877. The van der Waals surface area contributed by atoms with Crippen LogP contribution in [0.25, 0.3) is 16.9 Å². The van der Waals surface area contributed by atoms with Crippen LogP contribution in [0.2, 0.25) is 0 Å². The highest BCUT2D eigenvalue weighted by molar-refractivity contribution is 6.20. The molecule has 2 heterocycles. The van der Waals surface area contributed by atoms with Gasteiger partial charge < -0.3 is 4.40 Å². The van der Waals surface area contributed by atoms with Gasteiger partial charge >= 0.3 is 0 Å². The fourth-order valence-electron chi connectivity index (χ4n) is 3.70. The summed E-state index contributed by atoms with van der Waals surface area (Å²) in [7, 11) is 0. The Labute approximate surface area is 142 Å². The topological polar surface area (TPSA) is 17.3 Å². The van der Waals surface area contributed by atoms with Crippen molar-refractivity contribution < 1.29 is 0 Å². The molecular weight excluding hydrogens is 304 g/mol. The van der Waals surface area contributed by atoms with Crippen molar-refractivity contribution in [3.63, 3.8) is 0 Å². The predicted molar refractivity (Wildman–Crippen MR) is 96.3 cm³/mol. The second-order valence-corrected chi connectivity index (χ2v) is 7.19. The third-order valence-corrected chi connectivity index (χ3v) is 5.09. The second kappa shape index (κ2) is 5.68. The molecule has 0 fully saturated rings. The Balaban J connectivity index is 1.95. The van der Waals surface area contributed by atoms with Gasteiger partial charge in [-0.05, 0) is 68.4 Å². The average molecular weight is 325 g/mol. The van der Waals surface area contributed by atoms with E-state index in [2.05, 4.69) is 47.9 Å². The monoisotopic (exact) mass is 324 g/mol. The Hall–Kier alpha value is -1.80.